The Morgan fingerprint density at radius 3 is 2.48 bits per heavy atom. The zero-order valence-electron chi connectivity index (χ0n) is 16.1. The molecule has 0 amide bonds. The van der Waals surface area contributed by atoms with Gasteiger partial charge in [-0.25, -0.2) is 0 Å². The van der Waals surface area contributed by atoms with Gasteiger partial charge in [0.05, 0.1) is 18.2 Å². The maximum atomic E-state index is 12.5. The fourth-order valence-corrected chi connectivity index (χ4v) is 3.05. The van der Waals surface area contributed by atoms with E-state index in [-0.39, 0.29) is 48.9 Å². The molecular weight excluding hydrogens is 518 g/mol. The van der Waals surface area contributed by atoms with Crippen LogP contribution in [0.3, 0.4) is 0 Å². The van der Waals surface area contributed by atoms with Crippen LogP contribution in [0, 0.1) is 0 Å². The van der Waals surface area contributed by atoms with Crippen molar-refractivity contribution < 1.29 is 23.0 Å². The summed E-state index contributed by atoms with van der Waals surface area (Å²) in [5.74, 6) is 0.823. The number of aliphatic imine (C=N–C) groups is 1. The summed E-state index contributed by atoms with van der Waals surface area (Å²) in [5, 5.41) is 18.4. The Kier molecular flexibility index (Phi) is 10.8. The molecule has 0 fully saturated rings. The number of guanidine groups is 1. The van der Waals surface area contributed by atoms with E-state index in [1.807, 2.05) is 31.4 Å². The second-order valence-corrected chi connectivity index (χ2v) is 7.07. The van der Waals surface area contributed by atoms with E-state index in [0.717, 1.165) is 17.0 Å². The van der Waals surface area contributed by atoms with E-state index in [0.29, 0.717) is 12.5 Å². The van der Waals surface area contributed by atoms with Crippen LogP contribution >= 0.6 is 35.3 Å². The monoisotopic (exact) mass is 543 g/mol. The molecule has 0 saturated carbocycles. The first-order chi connectivity index (χ1) is 13.3. The molecule has 3 N–H and O–H groups in total. The highest BCUT2D eigenvalue weighted by Gasteiger charge is 2.30. The summed E-state index contributed by atoms with van der Waals surface area (Å²) in [7, 11) is 0. The van der Waals surface area contributed by atoms with Gasteiger partial charge < -0.3 is 20.5 Å². The summed E-state index contributed by atoms with van der Waals surface area (Å²) in [6, 6.07) is 8.42. The fraction of sp³-hybridized carbons (Fsp3) is 0.421. The van der Waals surface area contributed by atoms with Crippen molar-refractivity contribution in [1.82, 2.24) is 10.6 Å². The number of aliphatic hydroxyl groups is 1. The standard InChI is InChI=1S/C19H24F3N3O2S.HI/c1-3-23-18(25-13(2)17-5-4-10-28-17)24-11-15(26)12-27-16-8-6-14(7-9-16)19(20,21)22;/h4-10,13,15,26H,3,11-12H2,1-2H3,(H2,23,24,25);1H. The Morgan fingerprint density at radius 2 is 1.93 bits per heavy atom. The summed E-state index contributed by atoms with van der Waals surface area (Å²) >= 11 is 1.64. The largest absolute Gasteiger partial charge is 0.491 e. The van der Waals surface area contributed by atoms with Gasteiger partial charge in [0.1, 0.15) is 18.5 Å². The predicted molar refractivity (Wildman–Crippen MR) is 120 cm³/mol. The number of nitrogens with one attached hydrogen (secondary N) is 2. The van der Waals surface area contributed by atoms with Crippen LogP contribution in [0.2, 0.25) is 0 Å². The van der Waals surface area contributed by atoms with Crippen LogP contribution in [0.4, 0.5) is 13.2 Å². The van der Waals surface area contributed by atoms with E-state index in [4.69, 9.17) is 4.74 Å². The van der Waals surface area contributed by atoms with Crippen molar-refractivity contribution in [2.75, 3.05) is 19.7 Å². The molecule has 2 aromatic rings. The Balaban J connectivity index is 0.00000420. The third-order valence-electron chi connectivity index (χ3n) is 3.75. The minimum absolute atomic E-state index is 0. The summed E-state index contributed by atoms with van der Waals surface area (Å²) < 4.78 is 43.0. The summed E-state index contributed by atoms with van der Waals surface area (Å²) in [6.45, 7) is 4.64. The van der Waals surface area contributed by atoms with Crippen LogP contribution in [0.15, 0.2) is 46.8 Å². The van der Waals surface area contributed by atoms with Crippen molar-refractivity contribution >= 4 is 41.3 Å². The van der Waals surface area contributed by atoms with Crippen molar-refractivity contribution in [2.45, 2.75) is 32.2 Å². The summed E-state index contributed by atoms with van der Waals surface area (Å²) in [6.07, 6.45) is -5.28. The van der Waals surface area contributed by atoms with Gasteiger partial charge >= 0.3 is 6.18 Å². The van der Waals surface area contributed by atoms with Gasteiger partial charge in [-0.2, -0.15) is 13.2 Å². The van der Waals surface area contributed by atoms with Gasteiger partial charge in [-0.15, -0.1) is 35.3 Å². The lowest BCUT2D eigenvalue weighted by molar-refractivity contribution is -0.137. The molecule has 2 atom stereocenters. The second kappa shape index (κ2) is 12.2. The summed E-state index contributed by atoms with van der Waals surface area (Å²) in [5.41, 5.74) is -0.744. The maximum Gasteiger partial charge on any atom is 0.416 e. The van der Waals surface area contributed by atoms with E-state index in [1.54, 1.807) is 11.3 Å². The Hall–Kier alpha value is -1.53. The van der Waals surface area contributed by atoms with Crippen LogP contribution in [0.1, 0.15) is 30.3 Å². The molecule has 162 valence electrons. The van der Waals surface area contributed by atoms with Gasteiger partial charge in [-0.1, -0.05) is 6.07 Å². The number of halogens is 4. The SMILES string of the molecule is CCNC(=NCC(O)COc1ccc(C(F)(F)F)cc1)NC(C)c1cccs1.I. The lowest BCUT2D eigenvalue weighted by Crippen LogP contribution is -2.39. The Bertz CT molecular complexity index is 740. The molecule has 0 bridgehead atoms. The molecule has 1 aromatic carbocycles. The number of alkyl halides is 3. The van der Waals surface area contributed by atoms with E-state index in [2.05, 4.69) is 15.6 Å². The Morgan fingerprint density at radius 1 is 1.24 bits per heavy atom. The molecule has 10 heteroatoms. The third-order valence-corrected chi connectivity index (χ3v) is 4.81. The van der Waals surface area contributed by atoms with Crippen molar-refractivity contribution in [3.63, 3.8) is 0 Å². The number of hydrogen-bond donors (Lipinski definition) is 3. The number of rotatable bonds is 8. The number of ether oxygens (including phenoxy) is 1. The van der Waals surface area contributed by atoms with Crippen LogP contribution in [-0.4, -0.2) is 36.9 Å². The number of aliphatic hydroxyl groups excluding tert-OH is 1. The smallest absolute Gasteiger partial charge is 0.416 e. The molecule has 29 heavy (non-hydrogen) atoms. The Labute approximate surface area is 189 Å². The highest BCUT2D eigenvalue weighted by Crippen LogP contribution is 2.30. The van der Waals surface area contributed by atoms with Gasteiger partial charge in [0.15, 0.2) is 5.96 Å². The molecule has 0 saturated heterocycles. The molecule has 0 radical (unpaired) electrons. The molecule has 0 spiro atoms. The predicted octanol–water partition coefficient (Wildman–Crippen LogP) is 4.44. The van der Waals surface area contributed by atoms with Crippen molar-refractivity contribution in [3.8, 4) is 5.75 Å². The number of benzene rings is 1. The number of nitrogens with zero attached hydrogens (tertiary/aromatic N) is 1. The van der Waals surface area contributed by atoms with Gasteiger partial charge in [-0.3, -0.25) is 4.99 Å². The lowest BCUT2D eigenvalue weighted by Gasteiger charge is -2.17. The van der Waals surface area contributed by atoms with Crippen molar-refractivity contribution in [3.05, 3.63) is 52.2 Å². The topological polar surface area (TPSA) is 65.9 Å². The zero-order valence-corrected chi connectivity index (χ0v) is 19.2. The van der Waals surface area contributed by atoms with Gasteiger partial charge in [-0.05, 0) is 49.6 Å². The third kappa shape index (κ3) is 8.79. The van der Waals surface area contributed by atoms with Crippen LogP contribution in [0.5, 0.6) is 5.75 Å². The highest BCUT2D eigenvalue weighted by molar-refractivity contribution is 14.0. The number of thiophene rings is 1. The molecule has 5 nitrogen and oxygen atoms in total. The average molecular weight is 543 g/mol. The highest BCUT2D eigenvalue weighted by atomic mass is 127. The van der Waals surface area contributed by atoms with E-state index in [1.165, 1.54) is 12.1 Å². The fourth-order valence-electron chi connectivity index (χ4n) is 2.32. The first-order valence-corrected chi connectivity index (χ1v) is 9.74. The number of hydrogen-bond acceptors (Lipinski definition) is 4. The molecule has 1 aromatic heterocycles. The average Bonchev–Trinajstić information content (AvgIpc) is 3.19. The van der Waals surface area contributed by atoms with Gasteiger partial charge in [0, 0.05) is 11.4 Å². The maximum absolute atomic E-state index is 12.5. The van der Waals surface area contributed by atoms with Crippen LogP contribution in [0.25, 0.3) is 0 Å². The van der Waals surface area contributed by atoms with E-state index < -0.39 is 17.8 Å². The van der Waals surface area contributed by atoms with Crippen LogP contribution < -0.4 is 15.4 Å². The van der Waals surface area contributed by atoms with Crippen LogP contribution in [-0.2, 0) is 6.18 Å². The van der Waals surface area contributed by atoms with Gasteiger partial charge in [0.2, 0.25) is 0 Å². The molecular formula is C19H25F3IN3O2S. The summed E-state index contributed by atoms with van der Waals surface area (Å²) in [4.78, 5) is 5.51. The normalized spacial score (nSPS) is 13.9. The molecule has 2 unspecified atom stereocenters. The van der Waals surface area contributed by atoms with Gasteiger partial charge in [0.25, 0.3) is 0 Å². The first kappa shape index (κ1) is 25.5. The molecule has 2 rings (SSSR count). The van der Waals surface area contributed by atoms with E-state index in [9.17, 15) is 18.3 Å². The minimum Gasteiger partial charge on any atom is -0.491 e. The van der Waals surface area contributed by atoms with Crippen molar-refractivity contribution in [2.24, 2.45) is 4.99 Å². The van der Waals surface area contributed by atoms with E-state index >= 15 is 0 Å². The second-order valence-electron chi connectivity index (χ2n) is 6.09. The minimum atomic E-state index is -4.39. The molecule has 0 aliphatic heterocycles. The first-order valence-electron chi connectivity index (χ1n) is 8.86. The quantitative estimate of drug-likeness (QED) is 0.262. The zero-order chi connectivity index (χ0) is 20.6. The molecule has 0 aliphatic carbocycles. The van der Waals surface area contributed by atoms with Crippen molar-refractivity contribution in [1.29, 1.82) is 0 Å². The molecule has 0 aliphatic rings. The lowest BCUT2D eigenvalue weighted by atomic mass is 10.2. The molecule has 1 heterocycles.